The van der Waals surface area contributed by atoms with E-state index in [9.17, 15) is 21.6 Å². The molecule has 0 aliphatic heterocycles. The number of halogens is 3. The number of alkyl halides is 3. The van der Waals surface area contributed by atoms with Crippen LogP contribution in [0.4, 0.5) is 13.2 Å². The first-order chi connectivity index (χ1) is 10.2. The van der Waals surface area contributed by atoms with Crippen molar-refractivity contribution in [1.29, 1.82) is 0 Å². The molecule has 124 valence electrons. The van der Waals surface area contributed by atoms with Crippen LogP contribution in [0.5, 0.6) is 5.75 Å². The number of ether oxygens (including phenoxy) is 1. The van der Waals surface area contributed by atoms with Gasteiger partial charge >= 0.3 is 6.36 Å². The second-order valence-electron chi connectivity index (χ2n) is 5.33. The lowest BCUT2D eigenvalue weighted by molar-refractivity contribution is -0.274. The van der Waals surface area contributed by atoms with Crippen LogP contribution in [0, 0.1) is 5.92 Å². The maximum absolute atomic E-state index is 12.5. The van der Waals surface area contributed by atoms with E-state index in [1.54, 1.807) is 0 Å². The standard InChI is InChI=1S/C14H18F3NO3S/c1-2-9-18(10-11-3-4-11)22(19,20)13-7-5-12(6-8-13)21-14(15,16)17/h5-8,11H,2-4,9-10H2,1H3. The van der Waals surface area contributed by atoms with Crippen molar-refractivity contribution in [2.75, 3.05) is 13.1 Å². The van der Waals surface area contributed by atoms with Crippen molar-refractivity contribution in [2.24, 2.45) is 5.92 Å². The van der Waals surface area contributed by atoms with E-state index in [-0.39, 0.29) is 4.90 Å². The van der Waals surface area contributed by atoms with Crippen LogP contribution in [0.3, 0.4) is 0 Å². The van der Waals surface area contributed by atoms with Crippen LogP contribution in [0.1, 0.15) is 26.2 Å². The van der Waals surface area contributed by atoms with Crippen LogP contribution in [0.2, 0.25) is 0 Å². The third-order valence-electron chi connectivity index (χ3n) is 3.33. The zero-order chi connectivity index (χ0) is 16.4. The Labute approximate surface area is 127 Å². The third-order valence-corrected chi connectivity index (χ3v) is 5.21. The molecule has 0 N–H and O–H groups in total. The molecule has 0 spiro atoms. The highest BCUT2D eigenvalue weighted by atomic mass is 32.2. The van der Waals surface area contributed by atoms with Crippen LogP contribution in [0.25, 0.3) is 0 Å². The molecule has 2 rings (SSSR count). The quantitative estimate of drug-likeness (QED) is 0.766. The zero-order valence-electron chi connectivity index (χ0n) is 12.1. The Bertz CT molecular complexity index is 595. The van der Waals surface area contributed by atoms with Crippen LogP contribution >= 0.6 is 0 Å². The largest absolute Gasteiger partial charge is 0.573 e. The van der Waals surface area contributed by atoms with Crippen molar-refractivity contribution >= 4 is 10.0 Å². The molecule has 1 fully saturated rings. The monoisotopic (exact) mass is 337 g/mol. The molecule has 0 heterocycles. The second-order valence-corrected chi connectivity index (χ2v) is 7.26. The third kappa shape index (κ3) is 4.61. The average Bonchev–Trinajstić information content (AvgIpc) is 3.21. The van der Waals surface area contributed by atoms with Gasteiger partial charge in [-0.1, -0.05) is 6.92 Å². The fourth-order valence-electron chi connectivity index (χ4n) is 2.11. The molecule has 0 aromatic heterocycles. The van der Waals surface area contributed by atoms with E-state index in [0.29, 0.717) is 25.4 Å². The van der Waals surface area contributed by atoms with E-state index in [1.807, 2.05) is 6.92 Å². The number of hydrogen-bond donors (Lipinski definition) is 0. The Morgan fingerprint density at radius 3 is 2.27 bits per heavy atom. The average molecular weight is 337 g/mol. The molecule has 0 saturated heterocycles. The molecule has 0 atom stereocenters. The van der Waals surface area contributed by atoms with Crippen molar-refractivity contribution < 1.29 is 26.3 Å². The number of rotatable bonds is 7. The molecular formula is C14H18F3NO3S. The number of hydrogen-bond acceptors (Lipinski definition) is 3. The molecule has 1 aliphatic rings. The Morgan fingerprint density at radius 1 is 1.23 bits per heavy atom. The molecule has 1 aromatic carbocycles. The van der Waals surface area contributed by atoms with Gasteiger partial charge in [0, 0.05) is 13.1 Å². The number of nitrogens with zero attached hydrogens (tertiary/aromatic N) is 1. The summed E-state index contributed by atoms with van der Waals surface area (Å²) in [6, 6.07) is 4.32. The molecule has 0 radical (unpaired) electrons. The minimum atomic E-state index is -4.79. The molecule has 1 saturated carbocycles. The zero-order valence-corrected chi connectivity index (χ0v) is 13.0. The Kier molecular flexibility index (Phi) is 5.01. The molecule has 4 nitrogen and oxygen atoms in total. The Morgan fingerprint density at radius 2 is 1.82 bits per heavy atom. The van der Waals surface area contributed by atoms with Gasteiger partial charge in [0.2, 0.25) is 10.0 Å². The molecule has 0 unspecified atom stereocenters. The first-order valence-corrected chi connectivity index (χ1v) is 8.52. The van der Waals surface area contributed by atoms with Crippen LogP contribution in [0.15, 0.2) is 29.2 Å². The summed E-state index contributed by atoms with van der Waals surface area (Å²) < 4.78 is 66.6. The van der Waals surface area contributed by atoms with Crippen molar-refractivity contribution in [3.63, 3.8) is 0 Å². The Balaban J connectivity index is 2.16. The van der Waals surface area contributed by atoms with Gasteiger partial charge in [0.15, 0.2) is 0 Å². The van der Waals surface area contributed by atoms with Crippen molar-refractivity contribution in [3.8, 4) is 5.75 Å². The summed E-state index contributed by atoms with van der Waals surface area (Å²) >= 11 is 0. The summed E-state index contributed by atoms with van der Waals surface area (Å²) in [5.74, 6) is -0.0372. The van der Waals surface area contributed by atoms with Gasteiger partial charge in [0.05, 0.1) is 4.90 Å². The topological polar surface area (TPSA) is 46.6 Å². The summed E-state index contributed by atoms with van der Waals surface area (Å²) in [4.78, 5) is -0.0175. The van der Waals surface area contributed by atoms with Crippen molar-refractivity contribution in [1.82, 2.24) is 4.31 Å². The molecule has 8 heteroatoms. The second kappa shape index (κ2) is 6.45. The van der Waals surface area contributed by atoms with Gasteiger partial charge < -0.3 is 4.74 Å². The van der Waals surface area contributed by atoms with E-state index in [0.717, 1.165) is 37.1 Å². The minimum absolute atomic E-state index is 0.0175. The normalized spacial score (nSPS) is 16.0. The molecule has 1 aliphatic carbocycles. The summed E-state index contributed by atoms with van der Waals surface area (Å²) in [5.41, 5.74) is 0. The predicted molar refractivity (Wildman–Crippen MR) is 74.9 cm³/mol. The van der Waals surface area contributed by atoms with Crippen molar-refractivity contribution in [3.05, 3.63) is 24.3 Å². The molecular weight excluding hydrogens is 319 g/mol. The smallest absolute Gasteiger partial charge is 0.406 e. The first kappa shape index (κ1) is 17.1. The summed E-state index contributed by atoms with van der Waals surface area (Å²) in [6.45, 7) is 2.76. The maximum atomic E-state index is 12.5. The van der Waals surface area contributed by atoms with E-state index >= 15 is 0 Å². The van der Waals surface area contributed by atoms with E-state index in [1.165, 1.54) is 4.31 Å². The summed E-state index contributed by atoms with van der Waals surface area (Å²) in [7, 11) is -3.68. The number of sulfonamides is 1. The van der Waals surface area contributed by atoms with Crippen LogP contribution in [-0.2, 0) is 10.0 Å². The lowest BCUT2D eigenvalue weighted by Gasteiger charge is -2.21. The minimum Gasteiger partial charge on any atom is -0.406 e. The van der Waals surface area contributed by atoms with Crippen LogP contribution in [-0.4, -0.2) is 32.2 Å². The van der Waals surface area contributed by atoms with Crippen LogP contribution < -0.4 is 4.74 Å². The van der Waals surface area contributed by atoms with Gasteiger partial charge in [-0.25, -0.2) is 8.42 Å². The van der Waals surface area contributed by atoms with E-state index in [2.05, 4.69) is 4.74 Å². The summed E-state index contributed by atoms with van der Waals surface area (Å²) in [5, 5.41) is 0. The SMILES string of the molecule is CCCN(CC1CC1)S(=O)(=O)c1ccc(OC(F)(F)F)cc1. The highest BCUT2D eigenvalue weighted by Crippen LogP contribution is 2.32. The highest BCUT2D eigenvalue weighted by molar-refractivity contribution is 7.89. The maximum Gasteiger partial charge on any atom is 0.573 e. The van der Waals surface area contributed by atoms with Gasteiger partial charge in [-0.2, -0.15) is 4.31 Å². The lowest BCUT2D eigenvalue weighted by atomic mass is 10.3. The van der Waals surface area contributed by atoms with Crippen molar-refractivity contribution in [2.45, 2.75) is 37.4 Å². The first-order valence-electron chi connectivity index (χ1n) is 7.08. The fourth-order valence-corrected chi connectivity index (χ4v) is 3.72. The van der Waals surface area contributed by atoms with Gasteiger partial charge in [-0.05, 0) is 49.4 Å². The number of benzene rings is 1. The van der Waals surface area contributed by atoms with Gasteiger partial charge in [-0.15, -0.1) is 13.2 Å². The van der Waals surface area contributed by atoms with Gasteiger partial charge in [0.25, 0.3) is 0 Å². The Hall–Kier alpha value is -1.28. The predicted octanol–water partition coefficient (Wildman–Crippen LogP) is 3.40. The molecule has 0 amide bonds. The van der Waals surface area contributed by atoms with E-state index in [4.69, 9.17) is 0 Å². The van der Waals surface area contributed by atoms with E-state index < -0.39 is 22.1 Å². The highest BCUT2D eigenvalue weighted by Gasteiger charge is 2.33. The summed E-state index contributed by atoms with van der Waals surface area (Å²) in [6.07, 6.45) is -2.07. The molecule has 0 bridgehead atoms. The molecule has 22 heavy (non-hydrogen) atoms. The fraction of sp³-hybridized carbons (Fsp3) is 0.571. The lowest BCUT2D eigenvalue weighted by Crippen LogP contribution is -2.33. The molecule has 1 aromatic rings. The van der Waals surface area contributed by atoms with Gasteiger partial charge in [0.1, 0.15) is 5.75 Å². The van der Waals surface area contributed by atoms with Gasteiger partial charge in [-0.3, -0.25) is 0 Å².